The molecule has 1 aliphatic carbocycles. The fourth-order valence-corrected chi connectivity index (χ4v) is 3.66. The minimum atomic E-state index is 0.0699. The quantitative estimate of drug-likeness (QED) is 0.561. The molecule has 3 rings (SSSR count). The van der Waals surface area contributed by atoms with Gasteiger partial charge < -0.3 is 5.32 Å². The first-order chi connectivity index (χ1) is 12.0. The van der Waals surface area contributed by atoms with Gasteiger partial charge in [0.15, 0.2) is 5.78 Å². The monoisotopic (exact) mass is 333 g/mol. The van der Waals surface area contributed by atoms with Crippen LogP contribution in [0.2, 0.25) is 0 Å². The largest absolute Gasteiger partial charge is 0.382 e. The van der Waals surface area contributed by atoms with E-state index in [1.807, 2.05) is 54.6 Å². The Hall–Kier alpha value is -2.35. The Morgan fingerprint density at radius 3 is 2.28 bits per heavy atom. The molecule has 0 saturated heterocycles. The molecule has 0 spiro atoms. The Balaban J connectivity index is 1.68. The number of allylic oxidation sites excluding steroid dienone is 1. The van der Waals surface area contributed by atoms with Crippen LogP contribution in [0.1, 0.15) is 49.0 Å². The van der Waals surface area contributed by atoms with Crippen LogP contribution in [0.4, 0.5) is 5.69 Å². The SMILES string of the molecule is C=C(C)C1CCC(C)C(Nc2ccc(C(=O)c3ccccc3)cc2)C1. The predicted molar refractivity (Wildman–Crippen MR) is 105 cm³/mol. The van der Waals surface area contributed by atoms with Crippen LogP contribution in [0.5, 0.6) is 0 Å². The van der Waals surface area contributed by atoms with E-state index >= 15 is 0 Å². The molecule has 0 amide bonds. The summed E-state index contributed by atoms with van der Waals surface area (Å²) in [5.74, 6) is 1.34. The number of hydrogen-bond donors (Lipinski definition) is 1. The van der Waals surface area contributed by atoms with Gasteiger partial charge in [-0.15, -0.1) is 0 Å². The fourth-order valence-electron chi connectivity index (χ4n) is 3.66. The lowest BCUT2D eigenvalue weighted by molar-refractivity contribution is 0.103. The van der Waals surface area contributed by atoms with Crippen molar-refractivity contribution in [2.45, 2.75) is 39.2 Å². The zero-order chi connectivity index (χ0) is 17.8. The molecule has 25 heavy (non-hydrogen) atoms. The van der Waals surface area contributed by atoms with E-state index in [9.17, 15) is 4.79 Å². The van der Waals surface area contributed by atoms with E-state index in [1.54, 1.807) is 0 Å². The average molecular weight is 333 g/mol. The number of carbonyl (C=O) groups excluding carboxylic acids is 1. The molecule has 130 valence electrons. The summed E-state index contributed by atoms with van der Waals surface area (Å²) in [5, 5.41) is 3.67. The summed E-state index contributed by atoms with van der Waals surface area (Å²) >= 11 is 0. The van der Waals surface area contributed by atoms with Crippen molar-refractivity contribution in [1.29, 1.82) is 0 Å². The summed E-state index contributed by atoms with van der Waals surface area (Å²) in [4.78, 5) is 12.5. The summed E-state index contributed by atoms with van der Waals surface area (Å²) < 4.78 is 0. The fraction of sp³-hybridized carbons (Fsp3) is 0.348. The Bertz CT molecular complexity index is 732. The molecule has 1 N–H and O–H groups in total. The summed E-state index contributed by atoms with van der Waals surface area (Å²) in [6.07, 6.45) is 3.63. The number of carbonyl (C=O) groups is 1. The van der Waals surface area contributed by atoms with Crippen LogP contribution >= 0.6 is 0 Å². The molecule has 0 aromatic heterocycles. The maximum atomic E-state index is 12.5. The first kappa shape index (κ1) is 17.5. The van der Waals surface area contributed by atoms with Crippen molar-refractivity contribution in [3.63, 3.8) is 0 Å². The zero-order valence-corrected chi connectivity index (χ0v) is 15.2. The Labute approximate surface area is 151 Å². The van der Waals surface area contributed by atoms with Crippen LogP contribution in [-0.2, 0) is 0 Å². The van der Waals surface area contributed by atoms with Gasteiger partial charge in [0.2, 0.25) is 0 Å². The molecule has 3 unspecified atom stereocenters. The van der Waals surface area contributed by atoms with Crippen LogP contribution < -0.4 is 5.32 Å². The zero-order valence-electron chi connectivity index (χ0n) is 15.2. The standard InChI is InChI=1S/C23H27NO/c1-16(2)20-10-9-17(3)22(15-20)24-21-13-11-19(12-14-21)23(25)18-7-5-4-6-8-18/h4-8,11-14,17,20,22,24H,1,9-10,15H2,2-3H3. The third-order valence-corrected chi connectivity index (χ3v) is 5.43. The minimum absolute atomic E-state index is 0.0699. The molecule has 2 heteroatoms. The molecule has 1 aliphatic rings. The van der Waals surface area contributed by atoms with E-state index in [-0.39, 0.29) is 5.78 Å². The van der Waals surface area contributed by atoms with Crippen molar-refractivity contribution in [2.24, 2.45) is 11.8 Å². The van der Waals surface area contributed by atoms with Gasteiger partial charge in [-0.1, -0.05) is 49.4 Å². The first-order valence-electron chi connectivity index (χ1n) is 9.16. The number of hydrogen-bond acceptors (Lipinski definition) is 2. The van der Waals surface area contributed by atoms with Crippen LogP contribution in [0.25, 0.3) is 0 Å². The van der Waals surface area contributed by atoms with Gasteiger partial charge in [-0.25, -0.2) is 0 Å². The topological polar surface area (TPSA) is 29.1 Å². The molecular formula is C23H27NO. The van der Waals surface area contributed by atoms with Crippen LogP contribution in [0.3, 0.4) is 0 Å². The molecule has 1 saturated carbocycles. The van der Waals surface area contributed by atoms with Crippen LogP contribution in [-0.4, -0.2) is 11.8 Å². The van der Waals surface area contributed by atoms with Crippen molar-refractivity contribution in [1.82, 2.24) is 0 Å². The van der Waals surface area contributed by atoms with E-state index in [2.05, 4.69) is 25.7 Å². The normalized spacial score (nSPS) is 23.0. The van der Waals surface area contributed by atoms with Crippen molar-refractivity contribution < 1.29 is 4.79 Å². The number of nitrogens with one attached hydrogen (secondary N) is 1. The Morgan fingerprint density at radius 2 is 1.64 bits per heavy atom. The maximum absolute atomic E-state index is 12.5. The highest BCUT2D eigenvalue weighted by molar-refractivity contribution is 6.09. The molecule has 1 fully saturated rings. The number of rotatable bonds is 5. The van der Waals surface area contributed by atoms with Gasteiger partial charge in [-0.3, -0.25) is 4.79 Å². The van der Waals surface area contributed by atoms with E-state index in [0.29, 0.717) is 17.9 Å². The molecule has 0 radical (unpaired) electrons. The van der Waals surface area contributed by atoms with Gasteiger partial charge in [0.05, 0.1) is 0 Å². The molecule has 3 atom stereocenters. The smallest absolute Gasteiger partial charge is 0.193 e. The highest BCUT2D eigenvalue weighted by Gasteiger charge is 2.27. The second kappa shape index (κ2) is 7.69. The van der Waals surface area contributed by atoms with Crippen LogP contribution in [0.15, 0.2) is 66.7 Å². The molecular weight excluding hydrogens is 306 g/mol. The number of benzene rings is 2. The van der Waals surface area contributed by atoms with Crippen molar-refractivity contribution in [3.05, 3.63) is 77.9 Å². The van der Waals surface area contributed by atoms with Gasteiger partial charge in [-0.2, -0.15) is 0 Å². The van der Waals surface area contributed by atoms with Crippen molar-refractivity contribution >= 4 is 11.5 Å². The second-order valence-electron chi connectivity index (χ2n) is 7.36. The number of ketones is 1. The van der Waals surface area contributed by atoms with Gasteiger partial charge in [-0.05, 0) is 62.3 Å². The van der Waals surface area contributed by atoms with E-state index in [4.69, 9.17) is 0 Å². The molecule has 2 nitrogen and oxygen atoms in total. The van der Waals surface area contributed by atoms with E-state index in [1.165, 1.54) is 18.4 Å². The third kappa shape index (κ3) is 4.19. The highest BCUT2D eigenvalue weighted by atomic mass is 16.1. The maximum Gasteiger partial charge on any atom is 0.193 e. The van der Waals surface area contributed by atoms with Gasteiger partial charge in [0.1, 0.15) is 0 Å². The lowest BCUT2D eigenvalue weighted by Gasteiger charge is -2.35. The Morgan fingerprint density at radius 1 is 1.00 bits per heavy atom. The van der Waals surface area contributed by atoms with Crippen LogP contribution in [0, 0.1) is 11.8 Å². The van der Waals surface area contributed by atoms with Gasteiger partial charge in [0.25, 0.3) is 0 Å². The third-order valence-electron chi connectivity index (χ3n) is 5.43. The summed E-state index contributed by atoms with van der Waals surface area (Å²) in [5.41, 5.74) is 3.84. The number of anilines is 1. The summed E-state index contributed by atoms with van der Waals surface area (Å²) in [6.45, 7) is 8.60. The lowest BCUT2D eigenvalue weighted by atomic mass is 9.76. The van der Waals surface area contributed by atoms with Gasteiger partial charge in [0, 0.05) is 22.9 Å². The molecule has 0 bridgehead atoms. The average Bonchev–Trinajstić information content (AvgIpc) is 2.64. The molecule has 2 aromatic rings. The minimum Gasteiger partial charge on any atom is -0.382 e. The lowest BCUT2D eigenvalue weighted by Crippen LogP contribution is -2.34. The first-order valence-corrected chi connectivity index (χ1v) is 9.16. The Kier molecular flexibility index (Phi) is 5.37. The molecule has 2 aromatic carbocycles. The van der Waals surface area contributed by atoms with E-state index < -0.39 is 0 Å². The summed E-state index contributed by atoms with van der Waals surface area (Å²) in [7, 11) is 0. The molecule has 0 aliphatic heterocycles. The highest BCUT2D eigenvalue weighted by Crippen LogP contribution is 2.34. The van der Waals surface area contributed by atoms with E-state index in [0.717, 1.165) is 23.2 Å². The summed E-state index contributed by atoms with van der Waals surface area (Å²) in [6, 6.07) is 17.8. The van der Waals surface area contributed by atoms with Crippen molar-refractivity contribution in [2.75, 3.05) is 5.32 Å². The van der Waals surface area contributed by atoms with Crippen molar-refractivity contribution in [3.8, 4) is 0 Å². The molecule has 0 heterocycles. The second-order valence-corrected chi connectivity index (χ2v) is 7.36. The van der Waals surface area contributed by atoms with Gasteiger partial charge >= 0.3 is 0 Å². The predicted octanol–water partition coefficient (Wildman–Crippen LogP) is 5.71.